The summed E-state index contributed by atoms with van der Waals surface area (Å²) in [6, 6.07) is 10.1. The first-order valence-corrected chi connectivity index (χ1v) is 6.57. The van der Waals surface area contributed by atoms with Crippen molar-refractivity contribution in [3.8, 4) is 0 Å². The SMILES string of the molecule is Nc1ncnc2c1ncn2Cc1cccc2cccnc12. The van der Waals surface area contributed by atoms with Crippen LogP contribution < -0.4 is 5.73 Å². The van der Waals surface area contributed by atoms with Crippen molar-refractivity contribution in [1.82, 2.24) is 24.5 Å². The van der Waals surface area contributed by atoms with Crippen molar-refractivity contribution in [2.24, 2.45) is 0 Å². The maximum absolute atomic E-state index is 5.81. The van der Waals surface area contributed by atoms with Gasteiger partial charge in [-0.25, -0.2) is 15.0 Å². The molecule has 0 fully saturated rings. The van der Waals surface area contributed by atoms with Crippen molar-refractivity contribution in [1.29, 1.82) is 0 Å². The highest BCUT2D eigenvalue weighted by Crippen LogP contribution is 2.20. The predicted molar refractivity (Wildman–Crippen MR) is 80.6 cm³/mol. The Kier molecular flexibility index (Phi) is 2.53. The van der Waals surface area contributed by atoms with Crippen LogP contribution in [0.1, 0.15) is 5.56 Å². The minimum atomic E-state index is 0.398. The van der Waals surface area contributed by atoms with Gasteiger partial charge >= 0.3 is 0 Å². The van der Waals surface area contributed by atoms with Crippen LogP contribution in [0, 0.1) is 0 Å². The van der Waals surface area contributed by atoms with E-state index < -0.39 is 0 Å². The van der Waals surface area contributed by atoms with Crippen LogP contribution in [0.2, 0.25) is 0 Å². The van der Waals surface area contributed by atoms with Crippen molar-refractivity contribution >= 4 is 27.9 Å². The van der Waals surface area contributed by atoms with Gasteiger partial charge in [0, 0.05) is 11.6 Å². The minimum absolute atomic E-state index is 0.398. The lowest BCUT2D eigenvalue weighted by Gasteiger charge is -2.07. The van der Waals surface area contributed by atoms with Crippen LogP contribution in [0.4, 0.5) is 5.82 Å². The second-order valence-corrected chi connectivity index (χ2v) is 4.80. The third-order valence-corrected chi connectivity index (χ3v) is 3.49. The van der Waals surface area contributed by atoms with Crippen molar-refractivity contribution < 1.29 is 0 Å². The van der Waals surface area contributed by atoms with Gasteiger partial charge in [0.05, 0.1) is 18.4 Å². The summed E-state index contributed by atoms with van der Waals surface area (Å²) in [6.45, 7) is 0.640. The number of benzene rings is 1. The average Bonchev–Trinajstić information content (AvgIpc) is 2.92. The lowest BCUT2D eigenvalue weighted by molar-refractivity contribution is 0.817. The third-order valence-electron chi connectivity index (χ3n) is 3.49. The van der Waals surface area contributed by atoms with Gasteiger partial charge in [-0.15, -0.1) is 0 Å². The molecule has 0 unspecified atom stereocenters. The van der Waals surface area contributed by atoms with E-state index in [1.807, 2.05) is 16.7 Å². The number of anilines is 1. The van der Waals surface area contributed by atoms with Crippen molar-refractivity contribution in [2.75, 3.05) is 5.73 Å². The highest BCUT2D eigenvalue weighted by Gasteiger charge is 2.09. The Morgan fingerprint density at radius 2 is 1.86 bits per heavy atom. The molecule has 3 heterocycles. The fourth-order valence-corrected chi connectivity index (χ4v) is 2.49. The molecule has 0 aliphatic carbocycles. The number of imidazole rings is 1. The summed E-state index contributed by atoms with van der Waals surface area (Å²) in [6.07, 6.45) is 4.99. The monoisotopic (exact) mass is 276 g/mol. The zero-order chi connectivity index (χ0) is 14.2. The average molecular weight is 276 g/mol. The van der Waals surface area contributed by atoms with E-state index in [-0.39, 0.29) is 0 Å². The normalized spacial score (nSPS) is 11.2. The molecule has 4 aromatic rings. The Hall–Kier alpha value is -3.02. The number of nitrogens with two attached hydrogens (primary N) is 1. The molecule has 0 bridgehead atoms. The number of pyridine rings is 1. The second kappa shape index (κ2) is 4.52. The molecule has 0 saturated heterocycles. The number of nitrogens with zero attached hydrogens (tertiary/aromatic N) is 5. The molecule has 0 amide bonds. The van der Waals surface area contributed by atoms with E-state index in [0.717, 1.165) is 22.1 Å². The van der Waals surface area contributed by atoms with Crippen LogP contribution in [0.5, 0.6) is 0 Å². The Bertz CT molecular complexity index is 938. The molecule has 102 valence electrons. The molecule has 1 aromatic carbocycles. The summed E-state index contributed by atoms with van der Waals surface area (Å²) >= 11 is 0. The number of nitrogen functional groups attached to an aromatic ring is 1. The van der Waals surface area contributed by atoms with Crippen LogP contribution in [-0.4, -0.2) is 24.5 Å². The van der Waals surface area contributed by atoms with Gasteiger partial charge in [-0.05, 0) is 11.6 Å². The molecule has 6 heteroatoms. The summed E-state index contributed by atoms with van der Waals surface area (Å²) in [7, 11) is 0. The van der Waals surface area contributed by atoms with Gasteiger partial charge in [0.1, 0.15) is 11.8 Å². The Morgan fingerprint density at radius 1 is 0.952 bits per heavy atom. The molecular formula is C15H12N6. The van der Waals surface area contributed by atoms with Gasteiger partial charge in [-0.2, -0.15) is 0 Å². The predicted octanol–water partition coefficient (Wildman–Crippen LogP) is 2.00. The van der Waals surface area contributed by atoms with E-state index in [2.05, 4.69) is 38.1 Å². The Balaban J connectivity index is 1.85. The highest BCUT2D eigenvalue weighted by atomic mass is 15.1. The molecule has 4 rings (SSSR count). The van der Waals surface area contributed by atoms with Gasteiger partial charge < -0.3 is 10.3 Å². The fraction of sp³-hybridized carbons (Fsp3) is 0.0667. The van der Waals surface area contributed by atoms with Crippen molar-refractivity contribution in [3.05, 3.63) is 54.7 Å². The van der Waals surface area contributed by atoms with Crippen molar-refractivity contribution in [2.45, 2.75) is 6.54 Å². The summed E-state index contributed by atoms with van der Waals surface area (Å²) < 4.78 is 1.96. The molecule has 0 atom stereocenters. The van der Waals surface area contributed by atoms with E-state index >= 15 is 0 Å². The van der Waals surface area contributed by atoms with Gasteiger partial charge in [-0.1, -0.05) is 24.3 Å². The van der Waals surface area contributed by atoms with Gasteiger partial charge in [0.25, 0.3) is 0 Å². The maximum Gasteiger partial charge on any atom is 0.165 e. The van der Waals surface area contributed by atoms with Crippen LogP contribution in [0.15, 0.2) is 49.2 Å². The first-order valence-electron chi connectivity index (χ1n) is 6.57. The molecule has 0 spiro atoms. The standard InChI is InChI=1S/C15H12N6/c16-14-13-15(19-8-18-14)21(9-20-13)7-11-4-1-3-10-5-2-6-17-12(10)11/h1-6,8-9H,7H2,(H2,16,18,19). The molecule has 0 radical (unpaired) electrons. The zero-order valence-corrected chi connectivity index (χ0v) is 11.1. The van der Waals surface area contributed by atoms with E-state index in [0.29, 0.717) is 17.9 Å². The van der Waals surface area contributed by atoms with Crippen LogP contribution in [0.3, 0.4) is 0 Å². The number of para-hydroxylation sites is 1. The van der Waals surface area contributed by atoms with Gasteiger partial charge in [0.2, 0.25) is 0 Å². The van der Waals surface area contributed by atoms with E-state index in [9.17, 15) is 0 Å². The van der Waals surface area contributed by atoms with E-state index in [1.165, 1.54) is 6.33 Å². The first-order chi connectivity index (χ1) is 10.3. The molecule has 3 aromatic heterocycles. The van der Waals surface area contributed by atoms with Gasteiger partial charge in [-0.3, -0.25) is 4.98 Å². The summed E-state index contributed by atoms with van der Waals surface area (Å²) in [4.78, 5) is 17.0. The quantitative estimate of drug-likeness (QED) is 0.605. The number of hydrogen-bond acceptors (Lipinski definition) is 5. The molecule has 0 aliphatic heterocycles. The molecule has 0 aliphatic rings. The number of aromatic nitrogens is 5. The molecule has 21 heavy (non-hydrogen) atoms. The lowest BCUT2D eigenvalue weighted by atomic mass is 10.1. The number of fused-ring (bicyclic) bond motifs is 2. The molecular weight excluding hydrogens is 264 g/mol. The second-order valence-electron chi connectivity index (χ2n) is 4.80. The first kappa shape index (κ1) is 11.8. The Morgan fingerprint density at radius 3 is 2.81 bits per heavy atom. The van der Waals surface area contributed by atoms with Crippen molar-refractivity contribution in [3.63, 3.8) is 0 Å². The van der Waals surface area contributed by atoms with Crippen LogP contribution in [-0.2, 0) is 6.54 Å². The summed E-state index contributed by atoms with van der Waals surface area (Å²) in [5.74, 6) is 0.398. The maximum atomic E-state index is 5.81. The largest absolute Gasteiger partial charge is 0.382 e. The van der Waals surface area contributed by atoms with Gasteiger partial charge in [0.15, 0.2) is 11.5 Å². The van der Waals surface area contributed by atoms with E-state index in [1.54, 1.807) is 12.5 Å². The topological polar surface area (TPSA) is 82.5 Å². The lowest BCUT2D eigenvalue weighted by Crippen LogP contribution is -2.01. The van der Waals surface area contributed by atoms with Crippen LogP contribution >= 0.6 is 0 Å². The molecule has 6 nitrogen and oxygen atoms in total. The summed E-state index contributed by atoms with van der Waals surface area (Å²) in [5.41, 5.74) is 9.28. The third kappa shape index (κ3) is 1.88. The van der Waals surface area contributed by atoms with Crippen LogP contribution in [0.25, 0.3) is 22.1 Å². The minimum Gasteiger partial charge on any atom is -0.382 e. The summed E-state index contributed by atoms with van der Waals surface area (Å²) in [5, 5.41) is 1.12. The number of hydrogen-bond donors (Lipinski definition) is 1. The van der Waals surface area contributed by atoms with E-state index in [4.69, 9.17) is 5.73 Å². The smallest absolute Gasteiger partial charge is 0.165 e. The highest BCUT2D eigenvalue weighted by molar-refractivity contribution is 5.83. The molecule has 0 saturated carbocycles. The Labute approximate surface area is 120 Å². The molecule has 2 N–H and O–H groups in total. The number of rotatable bonds is 2. The fourth-order valence-electron chi connectivity index (χ4n) is 2.49. The zero-order valence-electron chi connectivity index (χ0n) is 11.1.